The quantitative estimate of drug-likeness (QED) is 0.259. The summed E-state index contributed by atoms with van der Waals surface area (Å²) in [5, 5.41) is 11.7. The number of amides is 1. The summed E-state index contributed by atoms with van der Waals surface area (Å²) in [5.41, 5.74) is 2.35. The Kier molecular flexibility index (Phi) is 7.24. The van der Waals surface area contributed by atoms with Crippen molar-refractivity contribution in [2.24, 2.45) is 0 Å². The fourth-order valence-corrected chi connectivity index (χ4v) is 5.37. The minimum Gasteiger partial charge on any atom is -0.507 e. The standard InChI is InChI=1S/C29H28ClN3O5/c1-37-23-17-24(38-2)22(30)16-21(23)27(34)25-26(18-10-12-31-13-11-18)33(29(36)28(25)35)20-8-6-19(7-9-20)32-14-4-3-5-15-32/h6-13,16-17,26,34H,3-5,14-15H2,1-2H3/b27-25+. The molecule has 196 valence electrons. The molecule has 2 saturated heterocycles. The second kappa shape index (κ2) is 10.8. The fraction of sp³-hybridized carbons (Fsp3) is 0.276. The van der Waals surface area contributed by atoms with E-state index in [1.165, 1.54) is 37.7 Å². The Morgan fingerprint density at radius 3 is 2.18 bits per heavy atom. The van der Waals surface area contributed by atoms with E-state index in [0.29, 0.717) is 17.0 Å². The van der Waals surface area contributed by atoms with Gasteiger partial charge in [-0.05, 0) is 67.3 Å². The summed E-state index contributed by atoms with van der Waals surface area (Å²) < 4.78 is 10.7. The highest BCUT2D eigenvalue weighted by Crippen LogP contribution is 2.44. The molecular weight excluding hydrogens is 506 g/mol. The number of pyridine rings is 1. The third-order valence-electron chi connectivity index (χ3n) is 7.04. The van der Waals surface area contributed by atoms with E-state index in [1.807, 2.05) is 24.3 Å². The van der Waals surface area contributed by atoms with E-state index in [1.54, 1.807) is 24.5 Å². The number of nitrogens with zero attached hydrogens (tertiary/aromatic N) is 3. The molecule has 3 heterocycles. The molecule has 0 spiro atoms. The number of carbonyl (C=O) groups is 2. The van der Waals surface area contributed by atoms with Gasteiger partial charge in [0.25, 0.3) is 11.7 Å². The van der Waals surface area contributed by atoms with Crippen molar-refractivity contribution in [1.82, 2.24) is 4.98 Å². The number of Topliss-reactive ketones (excluding diaryl/α,β-unsaturated/α-hetero) is 1. The third-order valence-corrected chi connectivity index (χ3v) is 7.34. The zero-order valence-corrected chi connectivity index (χ0v) is 21.9. The van der Waals surface area contributed by atoms with Gasteiger partial charge < -0.3 is 19.5 Å². The molecule has 1 amide bonds. The Balaban J connectivity index is 1.63. The number of aliphatic hydroxyl groups is 1. The molecule has 0 bridgehead atoms. The minimum atomic E-state index is -0.885. The van der Waals surface area contributed by atoms with Gasteiger partial charge in [-0.25, -0.2) is 0 Å². The molecule has 9 heteroatoms. The van der Waals surface area contributed by atoms with E-state index >= 15 is 0 Å². The maximum atomic E-state index is 13.5. The Morgan fingerprint density at radius 2 is 1.55 bits per heavy atom. The SMILES string of the molecule is COc1cc(OC)c(/C(O)=C2\C(=O)C(=O)N(c3ccc(N4CCCCC4)cc3)C2c2ccncc2)cc1Cl. The Labute approximate surface area is 226 Å². The molecule has 1 unspecified atom stereocenters. The van der Waals surface area contributed by atoms with E-state index in [9.17, 15) is 14.7 Å². The molecule has 2 aliphatic heterocycles. The van der Waals surface area contributed by atoms with Crippen molar-refractivity contribution in [2.75, 3.05) is 37.1 Å². The number of methoxy groups -OCH3 is 2. The molecule has 2 aliphatic rings. The first-order valence-electron chi connectivity index (χ1n) is 12.4. The normalized spacial score (nSPS) is 19.1. The molecule has 1 aromatic heterocycles. The molecule has 0 saturated carbocycles. The minimum absolute atomic E-state index is 0.0687. The smallest absolute Gasteiger partial charge is 0.300 e. The molecule has 3 aromatic rings. The predicted octanol–water partition coefficient (Wildman–Crippen LogP) is 5.37. The number of benzene rings is 2. The maximum absolute atomic E-state index is 13.5. The van der Waals surface area contributed by atoms with Crippen LogP contribution in [0.2, 0.25) is 5.02 Å². The van der Waals surface area contributed by atoms with Gasteiger partial charge in [0.15, 0.2) is 0 Å². The van der Waals surface area contributed by atoms with Crippen LogP contribution in [0.4, 0.5) is 11.4 Å². The van der Waals surface area contributed by atoms with Crippen molar-refractivity contribution < 1.29 is 24.2 Å². The van der Waals surface area contributed by atoms with Crippen molar-refractivity contribution >= 4 is 40.4 Å². The number of hydrogen-bond donors (Lipinski definition) is 1. The highest BCUT2D eigenvalue weighted by atomic mass is 35.5. The Morgan fingerprint density at radius 1 is 0.921 bits per heavy atom. The van der Waals surface area contributed by atoms with Crippen LogP contribution in [0, 0.1) is 0 Å². The maximum Gasteiger partial charge on any atom is 0.300 e. The highest BCUT2D eigenvalue weighted by molar-refractivity contribution is 6.51. The first-order chi connectivity index (χ1) is 18.4. The summed E-state index contributed by atoms with van der Waals surface area (Å²) in [6, 6.07) is 13.2. The number of anilines is 2. The van der Waals surface area contributed by atoms with Crippen molar-refractivity contribution in [2.45, 2.75) is 25.3 Å². The van der Waals surface area contributed by atoms with Crippen LogP contribution < -0.4 is 19.3 Å². The van der Waals surface area contributed by atoms with Crippen LogP contribution >= 0.6 is 11.6 Å². The zero-order valence-electron chi connectivity index (χ0n) is 21.2. The van der Waals surface area contributed by atoms with Crippen LogP contribution in [0.3, 0.4) is 0 Å². The molecule has 1 N–H and O–H groups in total. The number of ether oxygens (including phenoxy) is 2. The second-order valence-corrected chi connectivity index (χ2v) is 9.61. The van der Waals surface area contributed by atoms with E-state index < -0.39 is 17.7 Å². The van der Waals surface area contributed by atoms with Crippen molar-refractivity contribution in [3.05, 3.63) is 82.6 Å². The lowest BCUT2D eigenvalue weighted by Crippen LogP contribution is -2.30. The van der Waals surface area contributed by atoms with Crippen molar-refractivity contribution in [1.29, 1.82) is 0 Å². The third kappa shape index (κ3) is 4.56. The van der Waals surface area contributed by atoms with Crippen LogP contribution in [-0.2, 0) is 9.59 Å². The predicted molar refractivity (Wildman–Crippen MR) is 146 cm³/mol. The van der Waals surface area contributed by atoms with Crippen LogP contribution in [-0.4, -0.2) is 49.1 Å². The van der Waals surface area contributed by atoms with Gasteiger partial charge in [-0.1, -0.05) is 11.6 Å². The Bertz CT molecular complexity index is 1390. The lowest BCUT2D eigenvalue weighted by molar-refractivity contribution is -0.132. The van der Waals surface area contributed by atoms with E-state index in [-0.39, 0.29) is 27.7 Å². The zero-order chi connectivity index (χ0) is 26.8. The fourth-order valence-electron chi connectivity index (χ4n) is 5.13. The van der Waals surface area contributed by atoms with E-state index in [2.05, 4.69) is 9.88 Å². The summed E-state index contributed by atoms with van der Waals surface area (Å²) in [6.07, 6.45) is 6.70. The molecule has 1 atom stereocenters. The molecule has 0 radical (unpaired) electrons. The lowest BCUT2D eigenvalue weighted by atomic mass is 9.95. The molecule has 0 aliphatic carbocycles. The summed E-state index contributed by atoms with van der Waals surface area (Å²) >= 11 is 6.34. The summed E-state index contributed by atoms with van der Waals surface area (Å²) in [6.45, 7) is 1.99. The molecular formula is C29H28ClN3O5. The van der Waals surface area contributed by atoms with E-state index in [4.69, 9.17) is 21.1 Å². The summed E-state index contributed by atoms with van der Waals surface area (Å²) in [5.74, 6) is -1.34. The van der Waals surface area contributed by atoms with Crippen LogP contribution in [0.25, 0.3) is 5.76 Å². The average Bonchev–Trinajstić information content (AvgIpc) is 3.23. The number of carbonyl (C=O) groups excluding carboxylic acids is 2. The van der Waals surface area contributed by atoms with Gasteiger partial charge in [0.05, 0.1) is 36.4 Å². The van der Waals surface area contributed by atoms with Gasteiger partial charge in [0.1, 0.15) is 17.3 Å². The summed E-state index contributed by atoms with van der Waals surface area (Å²) in [4.78, 5) is 34.8. The number of aliphatic hydroxyl groups excluding tert-OH is 1. The Hall–Kier alpha value is -4.04. The van der Waals surface area contributed by atoms with Crippen LogP contribution in [0.5, 0.6) is 11.5 Å². The first-order valence-corrected chi connectivity index (χ1v) is 12.8. The van der Waals surface area contributed by atoms with Gasteiger partial charge >= 0.3 is 0 Å². The van der Waals surface area contributed by atoms with Crippen LogP contribution in [0.15, 0.2) is 66.5 Å². The number of rotatable bonds is 6. The van der Waals surface area contributed by atoms with Gasteiger partial charge in [-0.2, -0.15) is 0 Å². The topological polar surface area (TPSA) is 92.2 Å². The lowest BCUT2D eigenvalue weighted by Gasteiger charge is -2.30. The van der Waals surface area contributed by atoms with Crippen LogP contribution in [0.1, 0.15) is 36.4 Å². The van der Waals surface area contributed by atoms with Gasteiger partial charge in [-0.3, -0.25) is 19.5 Å². The number of halogens is 1. The molecule has 5 rings (SSSR count). The molecule has 2 fully saturated rings. The first kappa shape index (κ1) is 25.6. The highest BCUT2D eigenvalue weighted by Gasteiger charge is 2.47. The average molecular weight is 534 g/mol. The largest absolute Gasteiger partial charge is 0.507 e. The van der Waals surface area contributed by atoms with E-state index in [0.717, 1.165) is 31.6 Å². The number of hydrogen-bond acceptors (Lipinski definition) is 7. The summed E-state index contributed by atoms with van der Waals surface area (Å²) in [7, 11) is 2.90. The number of ketones is 1. The number of aromatic nitrogens is 1. The molecule has 8 nitrogen and oxygen atoms in total. The van der Waals surface area contributed by atoms with Crippen molar-refractivity contribution in [3.8, 4) is 11.5 Å². The molecule has 2 aromatic carbocycles. The molecule has 38 heavy (non-hydrogen) atoms. The van der Waals surface area contributed by atoms with Gasteiger partial charge in [0.2, 0.25) is 0 Å². The van der Waals surface area contributed by atoms with Crippen molar-refractivity contribution in [3.63, 3.8) is 0 Å². The number of piperidine rings is 1. The second-order valence-electron chi connectivity index (χ2n) is 9.20. The monoisotopic (exact) mass is 533 g/mol. The van der Waals surface area contributed by atoms with Gasteiger partial charge in [0, 0.05) is 42.9 Å². The van der Waals surface area contributed by atoms with Gasteiger partial charge in [-0.15, -0.1) is 0 Å².